The van der Waals surface area contributed by atoms with Crippen LogP contribution >= 0.6 is 0 Å². The van der Waals surface area contributed by atoms with Gasteiger partial charge in [-0.15, -0.1) is 0 Å². The fourth-order valence-electron chi connectivity index (χ4n) is 4.47. The molecule has 1 saturated heterocycles. The van der Waals surface area contributed by atoms with Crippen molar-refractivity contribution in [1.29, 1.82) is 0 Å². The van der Waals surface area contributed by atoms with Crippen molar-refractivity contribution in [2.24, 2.45) is 5.92 Å². The quantitative estimate of drug-likeness (QED) is 0.666. The van der Waals surface area contributed by atoms with Crippen LogP contribution in [0.5, 0.6) is 17.2 Å². The number of methoxy groups -OCH3 is 1. The summed E-state index contributed by atoms with van der Waals surface area (Å²) in [6.07, 6.45) is 0. The zero-order valence-electron chi connectivity index (χ0n) is 17.2. The zero-order chi connectivity index (χ0) is 21.1. The fourth-order valence-corrected chi connectivity index (χ4v) is 4.47. The van der Waals surface area contributed by atoms with E-state index in [-0.39, 0.29) is 18.8 Å². The molecule has 0 radical (unpaired) electrons. The van der Waals surface area contributed by atoms with Gasteiger partial charge in [-0.2, -0.15) is 0 Å². The van der Waals surface area contributed by atoms with Gasteiger partial charge in [0, 0.05) is 31.7 Å². The van der Waals surface area contributed by atoms with Crippen molar-refractivity contribution in [2.45, 2.75) is 18.9 Å². The largest absolute Gasteiger partial charge is 0.497 e. The van der Waals surface area contributed by atoms with E-state index < -0.39 is 11.9 Å². The van der Waals surface area contributed by atoms with E-state index >= 15 is 0 Å². The molecule has 7 heteroatoms. The minimum Gasteiger partial charge on any atom is -0.497 e. The number of fused-ring (bicyclic) bond motifs is 1. The Balaban J connectivity index is 1.69. The van der Waals surface area contributed by atoms with Crippen LogP contribution in [0.1, 0.15) is 30.0 Å². The molecule has 1 unspecified atom stereocenters. The van der Waals surface area contributed by atoms with Crippen molar-refractivity contribution < 1.29 is 28.8 Å². The Morgan fingerprint density at radius 3 is 2.57 bits per heavy atom. The lowest BCUT2D eigenvalue weighted by molar-refractivity contribution is -0.143. The van der Waals surface area contributed by atoms with Crippen LogP contribution in [0.15, 0.2) is 42.5 Å². The average Bonchev–Trinajstić information content (AvgIpc) is 3.38. The molecule has 0 bridgehead atoms. The molecular weight excluding hydrogens is 386 g/mol. The van der Waals surface area contributed by atoms with Crippen LogP contribution in [0.3, 0.4) is 0 Å². The summed E-state index contributed by atoms with van der Waals surface area (Å²) in [6.45, 7) is 4.63. The molecule has 30 heavy (non-hydrogen) atoms. The number of carboxylic acids is 1. The predicted molar refractivity (Wildman–Crippen MR) is 110 cm³/mol. The Kier molecular flexibility index (Phi) is 6.11. The van der Waals surface area contributed by atoms with E-state index in [0.717, 1.165) is 16.9 Å². The minimum absolute atomic E-state index is 0.175. The molecule has 0 spiro atoms. The van der Waals surface area contributed by atoms with E-state index in [2.05, 4.69) is 4.90 Å². The third-order valence-electron chi connectivity index (χ3n) is 5.89. The molecule has 3 atom stereocenters. The van der Waals surface area contributed by atoms with Crippen molar-refractivity contribution in [3.05, 3.63) is 53.6 Å². The second kappa shape index (κ2) is 8.93. The van der Waals surface area contributed by atoms with E-state index in [9.17, 15) is 9.90 Å². The molecule has 2 aliphatic heterocycles. The summed E-state index contributed by atoms with van der Waals surface area (Å²) in [4.78, 5) is 14.7. The van der Waals surface area contributed by atoms with Gasteiger partial charge in [-0.3, -0.25) is 9.69 Å². The monoisotopic (exact) mass is 413 g/mol. The Morgan fingerprint density at radius 2 is 1.87 bits per heavy atom. The van der Waals surface area contributed by atoms with E-state index in [4.69, 9.17) is 18.9 Å². The van der Waals surface area contributed by atoms with Crippen LogP contribution in [0.2, 0.25) is 0 Å². The molecule has 0 aromatic heterocycles. The number of nitrogens with zero attached hydrogens (tertiary/aromatic N) is 1. The van der Waals surface area contributed by atoms with Crippen LogP contribution in [0, 0.1) is 5.92 Å². The molecule has 160 valence electrons. The normalized spacial score (nSPS) is 22.9. The van der Waals surface area contributed by atoms with E-state index in [1.165, 1.54) is 0 Å². The van der Waals surface area contributed by atoms with Gasteiger partial charge in [-0.05, 0) is 42.3 Å². The molecule has 2 heterocycles. The van der Waals surface area contributed by atoms with Gasteiger partial charge in [-0.1, -0.05) is 18.2 Å². The molecule has 7 nitrogen and oxygen atoms in total. The summed E-state index contributed by atoms with van der Waals surface area (Å²) in [5, 5.41) is 10.2. The van der Waals surface area contributed by atoms with E-state index in [1.807, 2.05) is 49.4 Å². The first-order chi connectivity index (χ1) is 14.6. The maximum absolute atomic E-state index is 12.5. The fraction of sp³-hybridized carbons (Fsp3) is 0.435. The summed E-state index contributed by atoms with van der Waals surface area (Å²) in [6, 6.07) is 13.1. The minimum atomic E-state index is -0.808. The molecule has 0 amide bonds. The highest BCUT2D eigenvalue weighted by molar-refractivity contribution is 5.74. The van der Waals surface area contributed by atoms with Gasteiger partial charge >= 0.3 is 5.97 Å². The average molecular weight is 413 g/mol. The second-order valence-corrected chi connectivity index (χ2v) is 7.49. The Hall–Kier alpha value is -2.77. The molecular formula is C23H27NO6. The van der Waals surface area contributed by atoms with Crippen molar-refractivity contribution in [3.63, 3.8) is 0 Å². The highest BCUT2D eigenvalue weighted by Gasteiger charge is 2.47. The lowest BCUT2D eigenvalue weighted by atomic mass is 9.82. The first kappa shape index (κ1) is 20.5. The maximum Gasteiger partial charge on any atom is 0.309 e. The number of rotatable bonds is 8. The zero-order valence-corrected chi connectivity index (χ0v) is 17.2. The third-order valence-corrected chi connectivity index (χ3v) is 5.89. The SMILES string of the molecule is CCOCCN1CC(c2ccc3c(c2)OCO3)[C@H](C(=O)O)[C@H]1c1ccc(OC)cc1. The molecule has 1 N–H and O–H groups in total. The highest BCUT2D eigenvalue weighted by atomic mass is 16.7. The summed E-state index contributed by atoms with van der Waals surface area (Å²) in [5.74, 6) is 0.536. The Bertz CT molecular complexity index is 884. The number of benzene rings is 2. The Labute approximate surface area is 176 Å². The number of likely N-dealkylation sites (tertiary alicyclic amines) is 1. The number of carboxylic acid groups (broad SMARTS) is 1. The molecule has 2 aliphatic rings. The lowest BCUT2D eigenvalue weighted by Gasteiger charge is -2.27. The Morgan fingerprint density at radius 1 is 1.13 bits per heavy atom. The first-order valence-electron chi connectivity index (χ1n) is 10.2. The van der Waals surface area contributed by atoms with Crippen LogP contribution in [0.4, 0.5) is 0 Å². The van der Waals surface area contributed by atoms with Crippen LogP contribution in [-0.4, -0.2) is 56.2 Å². The summed E-state index contributed by atoms with van der Waals surface area (Å²) in [5.41, 5.74) is 1.91. The van der Waals surface area contributed by atoms with Gasteiger partial charge in [0.25, 0.3) is 0 Å². The molecule has 2 aromatic carbocycles. The molecule has 0 aliphatic carbocycles. The summed E-state index contributed by atoms with van der Waals surface area (Å²) in [7, 11) is 1.62. The van der Waals surface area contributed by atoms with Gasteiger partial charge in [0.2, 0.25) is 6.79 Å². The molecule has 0 saturated carbocycles. The van der Waals surface area contributed by atoms with Gasteiger partial charge in [0.15, 0.2) is 11.5 Å². The van der Waals surface area contributed by atoms with Crippen molar-refractivity contribution >= 4 is 5.97 Å². The number of ether oxygens (including phenoxy) is 4. The maximum atomic E-state index is 12.5. The van der Waals surface area contributed by atoms with E-state index in [0.29, 0.717) is 37.8 Å². The molecule has 2 aromatic rings. The second-order valence-electron chi connectivity index (χ2n) is 7.49. The van der Waals surface area contributed by atoms with Crippen molar-refractivity contribution in [3.8, 4) is 17.2 Å². The van der Waals surface area contributed by atoms with Crippen LogP contribution < -0.4 is 14.2 Å². The lowest BCUT2D eigenvalue weighted by Crippen LogP contribution is -2.31. The molecule has 1 fully saturated rings. The van der Waals surface area contributed by atoms with Crippen LogP contribution in [-0.2, 0) is 9.53 Å². The molecule has 4 rings (SSSR count). The number of carbonyl (C=O) groups is 1. The topological polar surface area (TPSA) is 77.5 Å². The van der Waals surface area contributed by atoms with Gasteiger partial charge < -0.3 is 24.1 Å². The number of hydrogen-bond donors (Lipinski definition) is 1. The smallest absolute Gasteiger partial charge is 0.309 e. The van der Waals surface area contributed by atoms with Crippen molar-refractivity contribution in [1.82, 2.24) is 4.90 Å². The third kappa shape index (κ3) is 3.95. The number of aliphatic carboxylic acids is 1. The highest BCUT2D eigenvalue weighted by Crippen LogP contribution is 2.47. The van der Waals surface area contributed by atoms with Gasteiger partial charge in [-0.25, -0.2) is 0 Å². The van der Waals surface area contributed by atoms with Crippen LogP contribution in [0.25, 0.3) is 0 Å². The van der Waals surface area contributed by atoms with Gasteiger partial charge in [0.1, 0.15) is 5.75 Å². The summed E-state index contributed by atoms with van der Waals surface area (Å²) < 4.78 is 21.8. The summed E-state index contributed by atoms with van der Waals surface area (Å²) >= 11 is 0. The standard InChI is InChI=1S/C23H27NO6/c1-3-28-11-10-24-13-18(16-6-9-19-20(12-16)30-14-29-19)21(23(25)26)22(24)15-4-7-17(27-2)8-5-15/h4-9,12,18,21-22H,3,10-11,13-14H2,1-2H3,(H,25,26)/t18?,21-,22+/m0/s1. The predicted octanol–water partition coefficient (Wildman–Crippen LogP) is 3.30. The van der Waals surface area contributed by atoms with Crippen molar-refractivity contribution in [2.75, 3.05) is 40.2 Å². The van der Waals surface area contributed by atoms with E-state index in [1.54, 1.807) is 7.11 Å². The first-order valence-corrected chi connectivity index (χ1v) is 10.2. The van der Waals surface area contributed by atoms with Gasteiger partial charge in [0.05, 0.1) is 19.6 Å². The number of hydrogen-bond acceptors (Lipinski definition) is 6.